The number of carbonyl (C=O) groups excluding carboxylic acids is 2. The van der Waals surface area contributed by atoms with Crippen molar-refractivity contribution in [3.8, 4) is 5.82 Å². The summed E-state index contributed by atoms with van der Waals surface area (Å²) in [5.41, 5.74) is 2.72. The molecular formula is C14H15N5O3. The topological polar surface area (TPSA) is 92.7 Å². The van der Waals surface area contributed by atoms with Gasteiger partial charge in [0.2, 0.25) is 5.91 Å². The van der Waals surface area contributed by atoms with Crippen LogP contribution in [0.4, 0.5) is 4.79 Å². The Bertz CT molecular complexity index is 786. The summed E-state index contributed by atoms with van der Waals surface area (Å²) in [6.07, 6.45) is 1.56. The van der Waals surface area contributed by atoms with Crippen molar-refractivity contribution >= 4 is 18.2 Å². The molecule has 8 heteroatoms. The molecule has 2 aromatic heterocycles. The Morgan fingerprint density at radius 2 is 2.09 bits per heavy atom. The third-order valence-corrected chi connectivity index (χ3v) is 3.43. The van der Waals surface area contributed by atoms with Gasteiger partial charge in [0.1, 0.15) is 12.3 Å². The predicted molar refractivity (Wildman–Crippen MR) is 77.9 cm³/mol. The molecule has 3 amide bonds. The van der Waals surface area contributed by atoms with Crippen LogP contribution < -0.4 is 5.32 Å². The lowest BCUT2D eigenvalue weighted by molar-refractivity contribution is -0.118. The van der Waals surface area contributed by atoms with E-state index in [0.29, 0.717) is 5.82 Å². The zero-order chi connectivity index (χ0) is 15.9. The first-order chi connectivity index (χ1) is 10.5. The van der Waals surface area contributed by atoms with E-state index in [0.717, 1.165) is 27.7 Å². The van der Waals surface area contributed by atoms with Crippen molar-refractivity contribution in [3.63, 3.8) is 0 Å². The molecule has 1 aliphatic rings. The average molecular weight is 301 g/mol. The largest absolute Gasteiger partial charge is 0.360 e. The molecule has 0 aromatic carbocycles. The molecule has 0 saturated carbocycles. The molecular weight excluding hydrogens is 286 g/mol. The standard InChI is InChI=1S/C14H15N5O3/c1-8-4-11(6-15-18-7-13(20)16-14(18)21)10(3)19(8)12-5-9(2)22-17-12/h4-6H,7H2,1-3H3,(H,16,20,21)/b15-6-. The molecule has 0 aliphatic carbocycles. The van der Waals surface area contributed by atoms with Gasteiger partial charge in [-0.15, -0.1) is 0 Å². The number of imide groups is 1. The molecule has 1 N–H and O–H groups in total. The van der Waals surface area contributed by atoms with Crippen molar-refractivity contribution < 1.29 is 14.1 Å². The monoisotopic (exact) mass is 301 g/mol. The maximum Gasteiger partial charge on any atom is 0.344 e. The van der Waals surface area contributed by atoms with E-state index in [2.05, 4.69) is 15.6 Å². The van der Waals surface area contributed by atoms with Crippen molar-refractivity contribution in [3.05, 3.63) is 34.8 Å². The number of nitrogens with one attached hydrogen (secondary N) is 1. The number of rotatable bonds is 3. The molecule has 0 bridgehead atoms. The fourth-order valence-corrected chi connectivity index (χ4v) is 2.39. The number of aromatic nitrogens is 2. The van der Waals surface area contributed by atoms with Gasteiger partial charge in [-0.25, -0.2) is 9.80 Å². The van der Waals surface area contributed by atoms with E-state index in [1.807, 2.05) is 37.5 Å². The quantitative estimate of drug-likeness (QED) is 0.682. The van der Waals surface area contributed by atoms with Crippen molar-refractivity contribution in [2.75, 3.05) is 6.54 Å². The van der Waals surface area contributed by atoms with Crippen LogP contribution in [0.3, 0.4) is 0 Å². The number of hydrogen-bond acceptors (Lipinski definition) is 5. The minimum Gasteiger partial charge on any atom is -0.360 e. The minimum atomic E-state index is -0.512. The number of urea groups is 1. The van der Waals surface area contributed by atoms with Crippen molar-refractivity contribution in [2.45, 2.75) is 20.8 Å². The lowest BCUT2D eigenvalue weighted by atomic mass is 10.3. The normalized spacial score (nSPS) is 15.1. The summed E-state index contributed by atoms with van der Waals surface area (Å²) >= 11 is 0. The fourth-order valence-electron chi connectivity index (χ4n) is 2.39. The van der Waals surface area contributed by atoms with Crippen molar-refractivity contribution in [2.24, 2.45) is 5.10 Å². The molecule has 3 rings (SSSR count). The van der Waals surface area contributed by atoms with E-state index < -0.39 is 6.03 Å². The van der Waals surface area contributed by atoms with Gasteiger partial charge in [0.15, 0.2) is 5.82 Å². The molecule has 8 nitrogen and oxygen atoms in total. The van der Waals surface area contributed by atoms with Gasteiger partial charge in [-0.05, 0) is 26.8 Å². The lowest BCUT2D eigenvalue weighted by Gasteiger charge is -2.05. The maximum atomic E-state index is 11.4. The van der Waals surface area contributed by atoms with Gasteiger partial charge in [-0.2, -0.15) is 5.10 Å². The number of aryl methyl sites for hydroxylation is 2. The van der Waals surface area contributed by atoms with Gasteiger partial charge in [0, 0.05) is 23.0 Å². The number of hydrogen-bond donors (Lipinski definition) is 1. The van der Waals surface area contributed by atoms with E-state index >= 15 is 0 Å². The predicted octanol–water partition coefficient (Wildman–Crippen LogP) is 1.28. The Morgan fingerprint density at radius 3 is 2.68 bits per heavy atom. The molecule has 0 atom stereocenters. The van der Waals surface area contributed by atoms with Gasteiger partial charge < -0.3 is 4.52 Å². The highest BCUT2D eigenvalue weighted by Gasteiger charge is 2.26. The van der Waals surface area contributed by atoms with E-state index in [1.165, 1.54) is 0 Å². The van der Waals surface area contributed by atoms with Crippen LogP contribution in [0.1, 0.15) is 22.7 Å². The summed E-state index contributed by atoms with van der Waals surface area (Å²) in [5.74, 6) is 1.07. The van der Waals surface area contributed by atoms with Gasteiger partial charge in [-0.3, -0.25) is 14.7 Å². The van der Waals surface area contributed by atoms with Crippen molar-refractivity contribution in [1.29, 1.82) is 0 Å². The molecule has 1 fully saturated rings. The highest BCUT2D eigenvalue weighted by atomic mass is 16.5. The SMILES string of the molecule is Cc1cc(-n2c(C)cc(/C=N\N3CC(=O)NC3=O)c2C)no1. The zero-order valence-electron chi connectivity index (χ0n) is 12.5. The smallest absolute Gasteiger partial charge is 0.344 e. The Balaban J connectivity index is 1.90. The highest BCUT2D eigenvalue weighted by Crippen LogP contribution is 2.19. The Labute approximate surface area is 126 Å². The number of amides is 3. The van der Waals surface area contributed by atoms with Crippen LogP contribution in [0.25, 0.3) is 5.82 Å². The molecule has 0 spiro atoms. The second-order valence-electron chi connectivity index (χ2n) is 5.11. The minimum absolute atomic E-state index is 0.0590. The third kappa shape index (κ3) is 2.39. The van der Waals surface area contributed by atoms with Gasteiger partial charge >= 0.3 is 6.03 Å². The summed E-state index contributed by atoms with van der Waals surface area (Å²) < 4.78 is 7.04. The van der Waals surface area contributed by atoms with E-state index in [-0.39, 0.29) is 12.5 Å². The molecule has 0 unspecified atom stereocenters. The number of carbonyl (C=O) groups is 2. The van der Waals surface area contributed by atoms with E-state index in [1.54, 1.807) is 6.21 Å². The van der Waals surface area contributed by atoms with E-state index in [9.17, 15) is 9.59 Å². The zero-order valence-corrected chi connectivity index (χ0v) is 12.5. The van der Waals surface area contributed by atoms with Gasteiger partial charge in [0.05, 0.1) is 6.21 Å². The summed E-state index contributed by atoms with van der Waals surface area (Å²) in [6, 6.07) is 3.26. The van der Waals surface area contributed by atoms with Crippen molar-refractivity contribution in [1.82, 2.24) is 20.0 Å². The molecule has 0 radical (unpaired) electrons. The van der Waals surface area contributed by atoms with Crippen LogP contribution in [0.5, 0.6) is 0 Å². The highest BCUT2D eigenvalue weighted by molar-refractivity contribution is 6.02. The Hall–Kier alpha value is -2.90. The number of nitrogens with zero attached hydrogens (tertiary/aromatic N) is 4. The van der Waals surface area contributed by atoms with Crippen LogP contribution in [0, 0.1) is 20.8 Å². The molecule has 22 heavy (non-hydrogen) atoms. The molecule has 1 saturated heterocycles. The Morgan fingerprint density at radius 1 is 1.32 bits per heavy atom. The first-order valence-corrected chi connectivity index (χ1v) is 6.73. The molecule has 1 aliphatic heterocycles. The molecule has 2 aromatic rings. The third-order valence-electron chi connectivity index (χ3n) is 3.43. The second kappa shape index (κ2) is 5.14. The lowest BCUT2D eigenvalue weighted by Crippen LogP contribution is -2.24. The summed E-state index contributed by atoms with van der Waals surface area (Å²) in [4.78, 5) is 22.6. The fraction of sp³-hybridized carbons (Fsp3) is 0.286. The van der Waals surface area contributed by atoms with Crippen LogP contribution >= 0.6 is 0 Å². The first kappa shape index (κ1) is 14.1. The van der Waals surface area contributed by atoms with E-state index in [4.69, 9.17) is 4.52 Å². The molecule has 3 heterocycles. The molecule has 114 valence electrons. The van der Waals surface area contributed by atoms with Gasteiger partial charge in [-0.1, -0.05) is 5.16 Å². The van der Waals surface area contributed by atoms with Gasteiger partial charge in [0.25, 0.3) is 0 Å². The summed E-state index contributed by atoms with van der Waals surface area (Å²) in [7, 11) is 0. The first-order valence-electron chi connectivity index (χ1n) is 6.73. The summed E-state index contributed by atoms with van der Waals surface area (Å²) in [5, 5.41) is 11.3. The van der Waals surface area contributed by atoms with Crippen LogP contribution in [0.15, 0.2) is 21.8 Å². The average Bonchev–Trinajstić information content (AvgIpc) is 3.07. The summed E-state index contributed by atoms with van der Waals surface area (Å²) in [6.45, 7) is 5.64. The Kier molecular flexibility index (Phi) is 3.28. The van der Waals surface area contributed by atoms with Crippen LogP contribution in [0.2, 0.25) is 0 Å². The van der Waals surface area contributed by atoms with Crippen LogP contribution in [-0.4, -0.2) is 39.4 Å². The maximum absolute atomic E-state index is 11.4. The van der Waals surface area contributed by atoms with Crippen LogP contribution in [-0.2, 0) is 4.79 Å². The second-order valence-corrected chi connectivity index (χ2v) is 5.11. The number of hydrazone groups is 1.